The van der Waals surface area contributed by atoms with Crippen LogP contribution in [0.2, 0.25) is 5.02 Å². The molecule has 1 aliphatic carbocycles. The molecule has 0 unspecified atom stereocenters. The summed E-state index contributed by atoms with van der Waals surface area (Å²) in [5, 5.41) is 14.6. The van der Waals surface area contributed by atoms with Crippen molar-refractivity contribution in [1.29, 1.82) is 0 Å². The van der Waals surface area contributed by atoms with Gasteiger partial charge in [-0.3, -0.25) is 4.79 Å². The molecule has 1 aliphatic rings. The summed E-state index contributed by atoms with van der Waals surface area (Å²) in [6, 6.07) is 1.72. The molecule has 0 aliphatic heterocycles. The molecule has 17 heavy (non-hydrogen) atoms. The topological polar surface area (TPSA) is 49.3 Å². The maximum Gasteiger partial charge on any atom is 0.262 e. The van der Waals surface area contributed by atoms with Gasteiger partial charge in [0, 0.05) is 12.0 Å². The van der Waals surface area contributed by atoms with Crippen molar-refractivity contribution < 1.29 is 9.90 Å². The molecule has 2 N–H and O–H groups in total. The summed E-state index contributed by atoms with van der Waals surface area (Å²) in [5.41, 5.74) is -0.112. The molecule has 0 radical (unpaired) electrons. The third kappa shape index (κ3) is 2.81. The van der Waals surface area contributed by atoms with E-state index in [1.807, 2.05) is 0 Å². The molecule has 0 saturated heterocycles. The van der Waals surface area contributed by atoms with Gasteiger partial charge in [0.15, 0.2) is 0 Å². The van der Waals surface area contributed by atoms with Gasteiger partial charge in [-0.1, -0.05) is 24.4 Å². The third-order valence-corrected chi connectivity index (χ3v) is 4.79. The van der Waals surface area contributed by atoms with Gasteiger partial charge >= 0.3 is 0 Å². The Balaban J connectivity index is 1.94. The van der Waals surface area contributed by atoms with Gasteiger partial charge in [0.2, 0.25) is 0 Å². The van der Waals surface area contributed by atoms with Gasteiger partial charge < -0.3 is 10.4 Å². The van der Waals surface area contributed by atoms with E-state index in [4.69, 9.17) is 11.6 Å². The first-order valence-electron chi connectivity index (χ1n) is 5.79. The molecule has 3 nitrogen and oxygen atoms in total. The fourth-order valence-corrected chi connectivity index (χ4v) is 3.38. The van der Waals surface area contributed by atoms with Gasteiger partial charge in [-0.25, -0.2) is 0 Å². The molecule has 1 aromatic heterocycles. The molecule has 5 heteroatoms. The lowest BCUT2D eigenvalue weighted by Crippen LogP contribution is -2.38. The van der Waals surface area contributed by atoms with Crippen LogP contribution in [-0.2, 0) is 0 Å². The molecule has 1 saturated carbocycles. The number of thiophene rings is 1. The molecule has 2 rings (SSSR count). The average Bonchev–Trinajstić information content (AvgIpc) is 2.95. The van der Waals surface area contributed by atoms with Gasteiger partial charge in [-0.05, 0) is 24.3 Å². The molecule has 1 amide bonds. The van der Waals surface area contributed by atoms with E-state index in [9.17, 15) is 9.90 Å². The normalized spacial score (nSPS) is 18.2. The van der Waals surface area contributed by atoms with Gasteiger partial charge in [-0.15, -0.1) is 11.3 Å². The summed E-state index contributed by atoms with van der Waals surface area (Å²) in [6.45, 7) is 0.683. The quantitative estimate of drug-likeness (QED) is 0.886. The Morgan fingerprint density at radius 1 is 1.53 bits per heavy atom. The second-order valence-corrected chi connectivity index (χ2v) is 5.97. The maximum atomic E-state index is 11.9. The Morgan fingerprint density at radius 3 is 2.76 bits per heavy atom. The third-order valence-electron chi connectivity index (χ3n) is 3.45. The van der Waals surface area contributed by atoms with Crippen LogP contribution >= 0.6 is 22.9 Å². The minimum atomic E-state index is -0.135. The van der Waals surface area contributed by atoms with Crippen molar-refractivity contribution in [2.24, 2.45) is 5.41 Å². The van der Waals surface area contributed by atoms with Crippen LogP contribution in [0.1, 0.15) is 35.4 Å². The first-order chi connectivity index (χ1) is 8.17. The van der Waals surface area contributed by atoms with Crippen LogP contribution in [0.25, 0.3) is 0 Å². The number of nitrogens with one attached hydrogen (secondary N) is 1. The van der Waals surface area contributed by atoms with Crippen LogP contribution < -0.4 is 5.32 Å². The molecule has 0 atom stereocenters. The number of hydrogen-bond acceptors (Lipinski definition) is 3. The minimum absolute atomic E-state index is 0.112. The Bertz CT molecular complexity index is 399. The van der Waals surface area contributed by atoms with Crippen LogP contribution in [0.15, 0.2) is 11.4 Å². The molecular formula is C12H16ClNO2S. The Morgan fingerprint density at radius 2 is 2.24 bits per heavy atom. The second-order valence-electron chi connectivity index (χ2n) is 4.65. The molecule has 0 spiro atoms. The van der Waals surface area contributed by atoms with E-state index in [1.165, 1.54) is 11.3 Å². The summed E-state index contributed by atoms with van der Waals surface area (Å²) in [6.07, 6.45) is 4.25. The van der Waals surface area contributed by atoms with Crippen molar-refractivity contribution >= 4 is 28.8 Å². The second kappa shape index (κ2) is 5.38. The fraction of sp³-hybridized carbons (Fsp3) is 0.583. The van der Waals surface area contributed by atoms with Crippen molar-refractivity contribution in [2.75, 3.05) is 13.2 Å². The van der Waals surface area contributed by atoms with E-state index >= 15 is 0 Å². The number of rotatable bonds is 4. The fourth-order valence-electron chi connectivity index (χ4n) is 2.32. The van der Waals surface area contributed by atoms with Gasteiger partial charge in [0.05, 0.1) is 11.6 Å². The highest BCUT2D eigenvalue weighted by Gasteiger charge is 2.33. The molecule has 1 heterocycles. The first-order valence-corrected chi connectivity index (χ1v) is 7.05. The summed E-state index contributed by atoms with van der Waals surface area (Å²) in [5.74, 6) is -0.135. The van der Waals surface area contributed by atoms with Crippen LogP contribution in [-0.4, -0.2) is 24.2 Å². The highest BCUT2D eigenvalue weighted by atomic mass is 35.5. The summed E-state index contributed by atoms with van der Waals surface area (Å²) < 4.78 is 0. The monoisotopic (exact) mass is 273 g/mol. The maximum absolute atomic E-state index is 11.9. The molecule has 1 aromatic rings. The van der Waals surface area contributed by atoms with E-state index in [0.717, 1.165) is 25.7 Å². The van der Waals surface area contributed by atoms with E-state index in [0.29, 0.717) is 16.4 Å². The summed E-state index contributed by atoms with van der Waals surface area (Å²) >= 11 is 7.24. The van der Waals surface area contributed by atoms with Crippen molar-refractivity contribution in [1.82, 2.24) is 5.32 Å². The molecule has 1 fully saturated rings. The smallest absolute Gasteiger partial charge is 0.262 e. The Labute approximate surface area is 110 Å². The summed E-state index contributed by atoms with van der Waals surface area (Å²) in [7, 11) is 0. The van der Waals surface area contributed by atoms with E-state index < -0.39 is 0 Å². The van der Waals surface area contributed by atoms with Crippen LogP contribution in [0.3, 0.4) is 0 Å². The van der Waals surface area contributed by atoms with Crippen molar-refractivity contribution in [3.63, 3.8) is 0 Å². The van der Waals surface area contributed by atoms with E-state index in [1.54, 1.807) is 11.4 Å². The lowest BCUT2D eigenvalue weighted by molar-refractivity contribution is 0.0884. The number of amides is 1. The SMILES string of the molecule is O=C(NCC1(CO)CCCC1)c1sccc1Cl. The average molecular weight is 274 g/mol. The number of hydrogen-bond donors (Lipinski definition) is 2. The number of halogens is 1. The van der Waals surface area contributed by atoms with E-state index in [2.05, 4.69) is 5.32 Å². The van der Waals surface area contributed by atoms with Gasteiger partial charge in [0.1, 0.15) is 4.88 Å². The molecular weight excluding hydrogens is 258 g/mol. The van der Waals surface area contributed by atoms with Gasteiger partial charge in [-0.2, -0.15) is 0 Å². The van der Waals surface area contributed by atoms with Crippen molar-refractivity contribution in [2.45, 2.75) is 25.7 Å². The highest BCUT2D eigenvalue weighted by molar-refractivity contribution is 7.12. The highest BCUT2D eigenvalue weighted by Crippen LogP contribution is 2.37. The minimum Gasteiger partial charge on any atom is -0.396 e. The zero-order valence-electron chi connectivity index (χ0n) is 9.54. The van der Waals surface area contributed by atoms with E-state index in [-0.39, 0.29) is 17.9 Å². The molecule has 0 aromatic carbocycles. The Kier molecular flexibility index (Phi) is 4.07. The predicted molar refractivity (Wildman–Crippen MR) is 69.6 cm³/mol. The molecule has 0 bridgehead atoms. The van der Waals surface area contributed by atoms with Crippen molar-refractivity contribution in [3.8, 4) is 0 Å². The first kappa shape index (κ1) is 12.9. The number of aliphatic hydroxyl groups is 1. The van der Waals surface area contributed by atoms with Crippen molar-refractivity contribution in [3.05, 3.63) is 21.3 Å². The van der Waals surface area contributed by atoms with Gasteiger partial charge in [0.25, 0.3) is 5.91 Å². The van der Waals surface area contributed by atoms with Crippen LogP contribution in [0, 0.1) is 5.41 Å². The van der Waals surface area contributed by atoms with Crippen LogP contribution in [0.4, 0.5) is 0 Å². The lowest BCUT2D eigenvalue weighted by atomic mass is 9.87. The number of carbonyl (C=O) groups excluding carboxylic acids is 1. The van der Waals surface area contributed by atoms with Crippen LogP contribution in [0.5, 0.6) is 0 Å². The molecule has 94 valence electrons. The number of aliphatic hydroxyl groups excluding tert-OH is 1. The summed E-state index contributed by atoms with van der Waals surface area (Å²) in [4.78, 5) is 12.4. The standard InChI is InChI=1S/C12H16ClNO2S/c13-9-3-6-17-10(9)11(16)14-7-12(8-15)4-1-2-5-12/h3,6,15H,1-2,4-5,7-8H2,(H,14,16). The lowest BCUT2D eigenvalue weighted by Gasteiger charge is -2.26. The zero-order chi connectivity index (χ0) is 12.3. The Hall–Kier alpha value is -0.580. The zero-order valence-corrected chi connectivity index (χ0v) is 11.1. The largest absolute Gasteiger partial charge is 0.396 e. The number of carbonyl (C=O) groups is 1. The predicted octanol–water partition coefficient (Wildman–Crippen LogP) is 2.68.